The van der Waals surface area contributed by atoms with Crippen LogP contribution in [0.3, 0.4) is 0 Å². The molecule has 0 aliphatic heterocycles. The van der Waals surface area contributed by atoms with Crippen molar-refractivity contribution in [3.8, 4) is 5.75 Å². The summed E-state index contributed by atoms with van der Waals surface area (Å²) in [7, 11) is 0. The van der Waals surface area contributed by atoms with Crippen LogP contribution in [-0.4, -0.2) is 12.7 Å². The van der Waals surface area contributed by atoms with Crippen molar-refractivity contribution in [1.29, 1.82) is 0 Å². The van der Waals surface area contributed by atoms with Gasteiger partial charge in [0.1, 0.15) is 11.5 Å². The number of hydrogen-bond acceptors (Lipinski definition) is 3. The number of furan rings is 1. The Hall–Kier alpha value is -2.04. The van der Waals surface area contributed by atoms with E-state index in [9.17, 15) is 8.78 Å². The van der Waals surface area contributed by atoms with Crippen molar-refractivity contribution in [2.24, 2.45) is 0 Å². The van der Waals surface area contributed by atoms with Crippen molar-refractivity contribution >= 4 is 5.69 Å². The molecule has 1 atom stereocenters. The highest BCUT2D eigenvalue weighted by molar-refractivity contribution is 5.56. The van der Waals surface area contributed by atoms with E-state index in [0.717, 1.165) is 18.6 Å². The molecule has 2 aromatic rings. The van der Waals surface area contributed by atoms with E-state index < -0.39 is 6.61 Å². The molecule has 3 nitrogen and oxygen atoms in total. The van der Waals surface area contributed by atoms with Crippen LogP contribution in [0, 0.1) is 0 Å². The SMILES string of the molecule is CC(CCc1ccco1)Nc1ccccc1OC(F)F. The maximum atomic E-state index is 12.3. The summed E-state index contributed by atoms with van der Waals surface area (Å²) in [4.78, 5) is 0. The predicted octanol–water partition coefficient (Wildman–Crippen LogP) is 4.31. The molecular formula is C15H17F2NO2. The second-order valence-electron chi connectivity index (χ2n) is 4.54. The molecule has 0 aliphatic carbocycles. The topological polar surface area (TPSA) is 34.4 Å². The fourth-order valence-electron chi connectivity index (χ4n) is 1.94. The maximum Gasteiger partial charge on any atom is 0.387 e. The van der Waals surface area contributed by atoms with Crippen molar-refractivity contribution in [2.75, 3.05) is 5.32 Å². The van der Waals surface area contributed by atoms with Gasteiger partial charge >= 0.3 is 6.61 Å². The van der Waals surface area contributed by atoms with Crippen LogP contribution < -0.4 is 10.1 Å². The van der Waals surface area contributed by atoms with E-state index in [1.54, 1.807) is 24.5 Å². The van der Waals surface area contributed by atoms with E-state index in [-0.39, 0.29) is 11.8 Å². The van der Waals surface area contributed by atoms with Crippen molar-refractivity contribution in [3.05, 3.63) is 48.4 Å². The molecule has 108 valence electrons. The molecule has 1 aromatic heterocycles. The number of anilines is 1. The van der Waals surface area contributed by atoms with E-state index in [1.165, 1.54) is 6.07 Å². The molecule has 20 heavy (non-hydrogen) atoms. The van der Waals surface area contributed by atoms with Crippen LogP contribution in [0.1, 0.15) is 19.1 Å². The molecule has 0 saturated heterocycles. The van der Waals surface area contributed by atoms with Crippen molar-refractivity contribution < 1.29 is 17.9 Å². The lowest BCUT2D eigenvalue weighted by atomic mass is 10.1. The van der Waals surface area contributed by atoms with Crippen LogP contribution in [0.2, 0.25) is 0 Å². The minimum absolute atomic E-state index is 0.113. The molecule has 0 bridgehead atoms. The van der Waals surface area contributed by atoms with Crippen molar-refractivity contribution in [2.45, 2.75) is 32.4 Å². The Morgan fingerprint density at radius 1 is 1.20 bits per heavy atom. The summed E-state index contributed by atoms with van der Waals surface area (Å²) in [6.45, 7) is -0.835. The van der Waals surface area contributed by atoms with E-state index >= 15 is 0 Å². The zero-order chi connectivity index (χ0) is 14.4. The first-order valence-corrected chi connectivity index (χ1v) is 6.48. The first-order chi connectivity index (χ1) is 9.65. The zero-order valence-electron chi connectivity index (χ0n) is 11.2. The van der Waals surface area contributed by atoms with Crippen molar-refractivity contribution in [1.82, 2.24) is 0 Å². The minimum atomic E-state index is -2.82. The lowest BCUT2D eigenvalue weighted by Gasteiger charge is -2.17. The molecule has 1 heterocycles. The average molecular weight is 281 g/mol. The number of nitrogens with one attached hydrogen (secondary N) is 1. The molecular weight excluding hydrogens is 264 g/mol. The Morgan fingerprint density at radius 2 is 2.00 bits per heavy atom. The number of halogens is 2. The highest BCUT2D eigenvalue weighted by atomic mass is 19.3. The standard InChI is InChI=1S/C15H17F2NO2/c1-11(8-9-12-5-4-10-19-12)18-13-6-2-3-7-14(13)20-15(16)17/h2-7,10-11,15,18H,8-9H2,1H3. The molecule has 0 fully saturated rings. The van der Waals surface area contributed by atoms with Gasteiger partial charge in [0.15, 0.2) is 0 Å². The number of rotatable bonds is 7. The number of alkyl halides is 2. The van der Waals surface area contributed by atoms with Crippen LogP contribution in [-0.2, 0) is 6.42 Å². The molecule has 2 rings (SSSR count). The second kappa shape index (κ2) is 6.93. The van der Waals surface area contributed by atoms with Gasteiger partial charge in [-0.1, -0.05) is 12.1 Å². The van der Waals surface area contributed by atoms with Gasteiger partial charge in [-0.2, -0.15) is 8.78 Å². The van der Waals surface area contributed by atoms with E-state index in [2.05, 4.69) is 10.1 Å². The van der Waals surface area contributed by atoms with E-state index in [0.29, 0.717) is 5.69 Å². The molecule has 1 N–H and O–H groups in total. The van der Waals surface area contributed by atoms with Crippen molar-refractivity contribution in [3.63, 3.8) is 0 Å². The highest BCUT2D eigenvalue weighted by Gasteiger charge is 2.11. The fraction of sp³-hybridized carbons (Fsp3) is 0.333. The Morgan fingerprint density at radius 3 is 2.70 bits per heavy atom. The number of para-hydroxylation sites is 2. The first-order valence-electron chi connectivity index (χ1n) is 6.48. The zero-order valence-corrected chi connectivity index (χ0v) is 11.2. The summed E-state index contributed by atoms with van der Waals surface area (Å²) < 4.78 is 34.4. The molecule has 0 saturated carbocycles. The number of ether oxygens (including phenoxy) is 1. The van der Waals surface area contributed by atoms with E-state index in [4.69, 9.17) is 4.42 Å². The van der Waals surface area contributed by atoms with Crippen LogP contribution in [0.15, 0.2) is 47.1 Å². The van der Waals surface area contributed by atoms with Crippen LogP contribution in [0.5, 0.6) is 5.75 Å². The Bertz CT molecular complexity index is 514. The third-order valence-corrected chi connectivity index (χ3v) is 2.91. The second-order valence-corrected chi connectivity index (χ2v) is 4.54. The molecule has 0 radical (unpaired) electrons. The van der Waals surface area contributed by atoms with Gasteiger partial charge in [0.2, 0.25) is 0 Å². The first kappa shape index (κ1) is 14.4. The number of aryl methyl sites for hydroxylation is 1. The Labute approximate surface area is 116 Å². The van der Waals surface area contributed by atoms with Crippen LogP contribution in [0.4, 0.5) is 14.5 Å². The molecule has 5 heteroatoms. The monoisotopic (exact) mass is 281 g/mol. The third-order valence-electron chi connectivity index (χ3n) is 2.91. The third kappa shape index (κ3) is 4.26. The van der Waals surface area contributed by atoms with Gasteiger partial charge in [-0.05, 0) is 37.6 Å². The summed E-state index contributed by atoms with van der Waals surface area (Å²) in [6, 6.07) is 10.6. The van der Waals surface area contributed by atoms with Gasteiger partial charge < -0.3 is 14.5 Å². The average Bonchev–Trinajstić information content (AvgIpc) is 2.91. The summed E-state index contributed by atoms with van der Waals surface area (Å²) in [5.41, 5.74) is 0.569. The molecule has 1 aromatic carbocycles. The van der Waals surface area contributed by atoms with Gasteiger partial charge in [0.05, 0.1) is 12.0 Å². The Kier molecular flexibility index (Phi) is 4.98. The summed E-state index contributed by atoms with van der Waals surface area (Å²) >= 11 is 0. The largest absolute Gasteiger partial charge is 0.469 e. The van der Waals surface area contributed by atoms with E-state index in [1.807, 2.05) is 19.1 Å². The van der Waals surface area contributed by atoms with Gasteiger partial charge in [-0.25, -0.2) is 0 Å². The van der Waals surface area contributed by atoms with Gasteiger partial charge in [0, 0.05) is 12.5 Å². The summed E-state index contributed by atoms with van der Waals surface area (Å²) in [5.74, 6) is 1.07. The fourth-order valence-corrected chi connectivity index (χ4v) is 1.94. The van der Waals surface area contributed by atoms with Gasteiger partial charge in [-0.15, -0.1) is 0 Å². The summed E-state index contributed by atoms with van der Waals surface area (Å²) in [6.07, 6.45) is 3.26. The smallest absolute Gasteiger partial charge is 0.387 e. The van der Waals surface area contributed by atoms with Gasteiger partial charge in [-0.3, -0.25) is 0 Å². The van der Waals surface area contributed by atoms with Gasteiger partial charge in [0.25, 0.3) is 0 Å². The molecule has 0 amide bonds. The molecule has 1 unspecified atom stereocenters. The molecule has 0 spiro atoms. The lowest BCUT2D eigenvalue weighted by molar-refractivity contribution is -0.0493. The minimum Gasteiger partial charge on any atom is -0.469 e. The van der Waals surface area contributed by atoms with Crippen LogP contribution >= 0.6 is 0 Å². The molecule has 0 aliphatic rings. The lowest BCUT2D eigenvalue weighted by Crippen LogP contribution is -2.17. The number of benzene rings is 1. The quantitative estimate of drug-likeness (QED) is 0.821. The predicted molar refractivity (Wildman–Crippen MR) is 73.2 cm³/mol. The normalized spacial score (nSPS) is 12.4. The highest BCUT2D eigenvalue weighted by Crippen LogP contribution is 2.26. The summed E-state index contributed by atoms with van der Waals surface area (Å²) in [5, 5.41) is 3.18. The Balaban J connectivity index is 1.91. The maximum absolute atomic E-state index is 12.3. The van der Waals surface area contributed by atoms with Crippen LogP contribution in [0.25, 0.3) is 0 Å². The number of hydrogen-bond donors (Lipinski definition) is 1.